The molecular formula is C16H27N3O. The minimum atomic E-state index is 0.235. The molecule has 2 rings (SSSR count). The van der Waals surface area contributed by atoms with Gasteiger partial charge in [-0.1, -0.05) is 13.8 Å². The van der Waals surface area contributed by atoms with E-state index in [4.69, 9.17) is 4.74 Å². The lowest BCUT2D eigenvalue weighted by atomic mass is 9.58. The lowest BCUT2D eigenvalue weighted by molar-refractivity contribution is -0.128. The molecule has 4 nitrogen and oxygen atoms in total. The van der Waals surface area contributed by atoms with E-state index in [2.05, 4.69) is 42.7 Å². The summed E-state index contributed by atoms with van der Waals surface area (Å²) in [7, 11) is 2.11. The van der Waals surface area contributed by atoms with Gasteiger partial charge in [0.15, 0.2) is 0 Å². The molecule has 0 spiro atoms. The van der Waals surface area contributed by atoms with Gasteiger partial charge in [-0.05, 0) is 38.7 Å². The number of aromatic nitrogens is 2. The lowest BCUT2D eigenvalue weighted by Gasteiger charge is -2.58. The molecule has 1 heterocycles. The Kier molecular flexibility index (Phi) is 4.63. The summed E-state index contributed by atoms with van der Waals surface area (Å²) < 4.78 is 5.94. The number of rotatable bonds is 6. The molecule has 0 saturated heterocycles. The SMILES string of the molecule is CCOC1CC(N(C)c2ncc(C)cn2)C1(CC)CC. The Labute approximate surface area is 122 Å². The Morgan fingerprint density at radius 3 is 2.35 bits per heavy atom. The second-order valence-corrected chi connectivity index (χ2v) is 5.81. The Morgan fingerprint density at radius 2 is 1.85 bits per heavy atom. The highest BCUT2D eigenvalue weighted by molar-refractivity contribution is 5.34. The quantitative estimate of drug-likeness (QED) is 0.800. The maximum atomic E-state index is 5.94. The van der Waals surface area contributed by atoms with Gasteiger partial charge in [-0.3, -0.25) is 0 Å². The molecule has 1 saturated carbocycles. The molecule has 1 aromatic heterocycles. The number of hydrogen-bond donors (Lipinski definition) is 0. The summed E-state index contributed by atoms with van der Waals surface area (Å²) in [5.41, 5.74) is 1.33. The van der Waals surface area contributed by atoms with Crippen LogP contribution in [0.3, 0.4) is 0 Å². The Bertz CT molecular complexity index is 428. The van der Waals surface area contributed by atoms with E-state index < -0.39 is 0 Å². The van der Waals surface area contributed by atoms with E-state index in [0.717, 1.165) is 37.4 Å². The van der Waals surface area contributed by atoms with Gasteiger partial charge in [-0.2, -0.15) is 0 Å². The van der Waals surface area contributed by atoms with Crippen molar-refractivity contribution >= 4 is 5.95 Å². The van der Waals surface area contributed by atoms with E-state index in [-0.39, 0.29) is 5.41 Å². The number of anilines is 1. The van der Waals surface area contributed by atoms with Crippen LogP contribution in [-0.4, -0.2) is 35.8 Å². The number of ether oxygens (including phenoxy) is 1. The number of nitrogens with zero attached hydrogens (tertiary/aromatic N) is 3. The van der Waals surface area contributed by atoms with E-state index in [1.165, 1.54) is 0 Å². The normalized spacial score (nSPS) is 24.2. The molecule has 0 amide bonds. The van der Waals surface area contributed by atoms with Crippen molar-refractivity contribution in [3.8, 4) is 0 Å². The first-order valence-electron chi connectivity index (χ1n) is 7.72. The molecule has 1 aliphatic carbocycles. The average molecular weight is 277 g/mol. The van der Waals surface area contributed by atoms with Crippen molar-refractivity contribution in [1.82, 2.24) is 9.97 Å². The summed E-state index contributed by atoms with van der Waals surface area (Å²) in [6.07, 6.45) is 7.49. The third kappa shape index (κ3) is 2.41. The minimum Gasteiger partial charge on any atom is -0.378 e. The Hall–Kier alpha value is -1.16. The van der Waals surface area contributed by atoms with Crippen molar-refractivity contribution in [2.75, 3.05) is 18.6 Å². The zero-order valence-electron chi connectivity index (χ0n) is 13.4. The van der Waals surface area contributed by atoms with Gasteiger partial charge in [0.25, 0.3) is 0 Å². The zero-order valence-corrected chi connectivity index (χ0v) is 13.4. The van der Waals surface area contributed by atoms with Crippen LogP contribution in [0.25, 0.3) is 0 Å². The molecule has 0 aliphatic heterocycles. The summed E-state index contributed by atoms with van der Waals surface area (Å²) >= 11 is 0. The maximum absolute atomic E-state index is 5.94. The van der Waals surface area contributed by atoms with Crippen molar-refractivity contribution < 1.29 is 4.74 Å². The Morgan fingerprint density at radius 1 is 1.25 bits per heavy atom. The summed E-state index contributed by atoms with van der Waals surface area (Å²) in [6, 6.07) is 0.469. The summed E-state index contributed by atoms with van der Waals surface area (Å²) in [6.45, 7) is 9.43. The van der Waals surface area contributed by atoms with Crippen molar-refractivity contribution in [2.45, 2.75) is 59.1 Å². The predicted octanol–water partition coefficient (Wildman–Crippen LogP) is 3.21. The molecule has 112 valence electrons. The smallest absolute Gasteiger partial charge is 0.225 e. The lowest BCUT2D eigenvalue weighted by Crippen LogP contribution is -2.64. The van der Waals surface area contributed by atoms with E-state index in [9.17, 15) is 0 Å². The Balaban J connectivity index is 2.17. The van der Waals surface area contributed by atoms with Gasteiger partial charge in [0.05, 0.1) is 6.10 Å². The second kappa shape index (κ2) is 6.08. The minimum absolute atomic E-state index is 0.235. The van der Waals surface area contributed by atoms with Gasteiger partial charge in [-0.15, -0.1) is 0 Å². The largest absolute Gasteiger partial charge is 0.378 e. The van der Waals surface area contributed by atoms with Crippen LogP contribution in [0.2, 0.25) is 0 Å². The van der Waals surface area contributed by atoms with Crippen molar-refractivity contribution in [1.29, 1.82) is 0 Å². The molecule has 1 aromatic rings. The van der Waals surface area contributed by atoms with Crippen LogP contribution in [0.15, 0.2) is 12.4 Å². The summed E-state index contributed by atoms with van der Waals surface area (Å²) in [5, 5.41) is 0. The highest BCUT2D eigenvalue weighted by Gasteiger charge is 2.55. The van der Waals surface area contributed by atoms with Crippen LogP contribution in [0.5, 0.6) is 0 Å². The third-order valence-corrected chi connectivity index (χ3v) is 4.98. The summed E-state index contributed by atoms with van der Waals surface area (Å²) in [5.74, 6) is 0.821. The molecule has 1 aliphatic rings. The van der Waals surface area contributed by atoms with Gasteiger partial charge < -0.3 is 9.64 Å². The highest BCUT2D eigenvalue weighted by Crippen LogP contribution is 2.51. The van der Waals surface area contributed by atoms with E-state index >= 15 is 0 Å². The standard InChI is InChI=1S/C16H27N3O/c1-6-16(7-2)13(9-14(16)20-8-3)19(5)15-17-10-12(4)11-18-15/h10-11,13-14H,6-9H2,1-5H3. The van der Waals surface area contributed by atoms with Crippen LogP contribution in [0.1, 0.15) is 45.6 Å². The van der Waals surface area contributed by atoms with Gasteiger partial charge in [0, 0.05) is 37.5 Å². The van der Waals surface area contributed by atoms with Crippen LogP contribution >= 0.6 is 0 Å². The van der Waals surface area contributed by atoms with E-state index in [1.54, 1.807) is 0 Å². The second-order valence-electron chi connectivity index (χ2n) is 5.81. The fourth-order valence-electron chi connectivity index (χ4n) is 3.59. The molecule has 1 fully saturated rings. The van der Waals surface area contributed by atoms with Gasteiger partial charge in [-0.25, -0.2) is 9.97 Å². The molecule has 0 bridgehead atoms. The van der Waals surface area contributed by atoms with Crippen LogP contribution in [0, 0.1) is 12.3 Å². The molecular weight excluding hydrogens is 250 g/mol. The fraction of sp³-hybridized carbons (Fsp3) is 0.750. The third-order valence-electron chi connectivity index (χ3n) is 4.98. The molecule has 0 N–H and O–H groups in total. The highest BCUT2D eigenvalue weighted by atomic mass is 16.5. The predicted molar refractivity (Wildman–Crippen MR) is 82.0 cm³/mol. The number of hydrogen-bond acceptors (Lipinski definition) is 4. The van der Waals surface area contributed by atoms with Crippen LogP contribution in [-0.2, 0) is 4.74 Å². The monoisotopic (exact) mass is 277 g/mol. The molecule has 2 atom stereocenters. The van der Waals surface area contributed by atoms with E-state index in [1.807, 2.05) is 19.3 Å². The van der Waals surface area contributed by atoms with Crippen molar-refractivity contribution in [3.05, 3.63) is 18.0 Å². The van der Waals surface area contributed by atoms with Crippen LogP contribution in [0.4, 0.5) is 5.95 Å². The first kappa shape index (κ1) is 15.2. The van der Waals surface area contributed by atoms with Gasteiger partial charge in [0.2, 0.25) is 5.95 Å². The van der Waals surface area contributed by atoms with Gasteiger partial charge in [0.1, 0.15) is 0 Å². The maximum Gasteiger partial charge on any atom is 0.225 e. The molecule has 20 heavy (non-hydrogen) atoms. The van der Waals surface area contributed by atoms with Crippen molar-refractivity contribution in [3.63, 3.8) is 0 Å². The first-order valence-corrected chi connectivity index (χ1v) is 7.72. The zero-order chi connectivity index (χ0) is 14.8. The van der Waals surface area contributed by atoms with E-state index in [0.29, 0.717) is 12.1 Å². The molecule has 0 aromatic carbocycles. The number of aryl methyl sites for hydroxylation is 1. The fourth-order valence-corrected chi connectivity index (χ4v) is 3.59. The van der Waals surface area contributed by atoms with Crippen LogP contribution < -0.4 is 4.90 Å². The first-order chi connectivity index (χ1) is 9.58. The topological polar surface area (TPSA) is 38.2 Å². The summed E-state index contributed by atoms with van der Waals surface area (Å²) in [4.78, 5) is 11.2. The molecule has 0 radical (unpaired) electrons. The molecule has 4 heteroatoms. The average Bonchev–Trinajstić information content (AvgIpc) is 2.45. The molecule has 2 unspecified atom stereocenters. The van der Waals surface area contributed by atoms with Gasteiger partial charge >= 0.3 is 0 Å². The van der Waals surface area contributed by atoms with Crippen molar-refractivity contribution in [2.24, 2.45) is 5.41 Å².